The van der Waals surface area contributed by atoms with Crippen LogP contribution in [-0.2, 0) is 4.79 Å². The fourth-order valence-electron chi connectivity index (χ4n) is 2.41. The number of benzene rings is 2. The summed E-state index contributed by atoms with van der Waals surface area (Å²) >= 11 is 6.46. The number of hydrazone groups is 1. The van der Waals surface area contributed by atoms with Gasteiger partial charge in [0.25, 0.3) is 5.91 Å². The summed E-state index contributed by atoms with van der Waals surface area (Å²) in [6, 6.07) is 14.3. The van der Waals surface area contributed by atoms with Crippen LogP contribution in [0.25, 0.3) is 6.08 Å². The molecule has 0 aromatic heterocycles. The third-order valence-electron chi connectivity index (χ3n) is 3.86. The number of thiocarbonyl (C=S) groups is 1. The Hall–Kier alpha value is -3.15. The summed E-state index contributed by atoms with van der Waals surface area (Å²) in [6.07, 6.45) is 3.25. The lowest BCUT2D eigenvalue weighted by Gasteiger charge is -2.09. The predicted molar refractivity (Wildman–Crippen MR) is 113 cm³/mol. The zero-order valence-corrected chi connectivity index (χ0v) is 16.7. The second-order valence-corrected chi connectivity index (χ2v) is 7.26. The van der Waals surface area contributed by atoms with E-state index in [9.17, 15) is 4.79 Å². The predicted octanol–water partition coefficient (Wildman–Crippen LogP) is 3.81. The number of hydrogen-bond acceptors (Lipinski definition) is 7. The topological polar surface area (TPSA) is 74.9 Å². The molecule has 1 saturated heterocycles. The van der Waals surface area contributed by atoms with Gasteiger partial charge in [0.1, 0.15) is 11.5 Å². The smallest absolute Gasteiger partial charge is 0.286 e. The van der Waals surface area contributed by atoms with Crippen LogP contribution >= 0.6 is 24.0 Å². The molecule has 0 saturated carbocycles. The molecular weight excluding hydrogens is 394 g/mol. The molecule has 0 spiro atoms. The van der Waals surface area contributed by atoms with Gasteiger partial charge < -0.3 is 9.47 Å². The normalized spacial score (nSPS) is 15.3. The van der Waals surface area contributed by atoms with E-state index in [-0.39, 0.29) is 5.91 Å². The van der Waals surface area contributed by atoms with E-state index in [0.717, 1.165) is 5.56 Å². The number of amides is 1. The fourth-order valence-corrected chi connectivity index (χ4v) is 3.58. The number of ether oxygens (including phenoxy) is 2. The minimum atomic E-state index is -0.303. The van der Waals surface area contributed by atoms with Crippen LogP contribution in [0.1, 0.15) is 16.7 Å². The molecule has 0 bridgehead atoms. The summed E-state index contributed by atoms with van der Waals surface area (Å²) in [7, 11) is 3.12. The summed E-state index contributed by atoms with van der Waals surface area (Å²) in [5, 5.41) is 14.3. The Balaban J connectivity index is 1.81. The number of thioether (sulfide) groups is 1. The first-order valence-electron chi connectivity index (χ1n) is 8.10. The number of rotatable bonds is 5. The average Bonchev–Trinajstić information content (AvgIpc) is 2.99. The van der Waals surface area contributed by atoms with Crippen molar-refractivity contribution in [1.29, 1.82) is 5.26 Å². The number of nitriles is 1. The first-order chi connectivity index (χ1) is 13.5. The van der Waals surface area contributed by atoms with Crippen LogP contribution in [0.15, 0.2) is 52.5 Å². The van der Waals surface area contributed by atoms with Crippen LogP contribution in [0, 0.1) is 11.3 Å². The van der Waals surface area contributed by atoms with Crippen LogP contribution < -0.4 is 9.47 Å². The van der Waals surface area contributed by atoms with Crippen molar-refractivity contribution in [2.75, 3.05) is 14.2 Å². The molecule has 1 aliphatic heterocycles. The van der Waals surface area contributed by atoms with Crippen LogP contribution in [-0.4, -0.2) is 35.7 Å². The van der Waals surface area contributed by atoms with E-state index in [0.29, 0.717) is 31.9 Å². The van der Waals surface area contributed by atoms with Crippen LogP contribution in [0.2, 0.25) is 0 Å². The molecule has 0 atom stereocenters. The molecule has 8 heteroatoms. The minimum Gasteiger partial charge on any atom is -0.497 e. The highest BCUT2D eigenvalue weighted by molar-refractivity contribution is 8.26. The number of carbonyl (C=O) groups is 1. The van der Waals surface area contributed by atoms with E-state index in [4.69, 9.17) is 27.0 Å². The Morgan fingerprint density at radius 2 is 1.93 bits per heavy atom. The number of methoxy groups -OCH3 is 2. The van der Waals surface area contributed by atoms with Crippen LogP contribution in [0.4, 0.5) is 0 Å². The molecule has 0 radical (unpaired) electrons. The second-order valence-electron chi connectivity index (χ2n) is 5.58. The first-order valence-corrected chi connectivity index (χ1v) is 9.32. The second kappa shape index (κ2) is 8.69. The van der Waals surface area contributed by atoms with E-state index in [1.807, 2.05) is 0 Å². The molecule has 3 rings (SSSR count). The van der Waals surface area contributed by atoms with Crippen LogP contribution in [0.3, 0.4) is 0 Å². The summed E-state index contributed by atoms with van der Waals surface area (Å²) in [4.78, 5) is 13.1. The molecule has 28 heavy (non-hydrogen) atoms. The van der Waals surface area contributed by atoms with E-state index in [1.165, 1.54) is 23.0 Å². The Morgan fingerprint density at radius 3 is 2.57 bits per heavy atom. The molecule has 2 aromatic carbocycles. The molecule has 1 heterocycles. The van der Waals surface area contributed by atoms with Gasteiger partial charge >= 0.3 is 0 Å². The summed E-state index contributed by atoms with van der Waals surface area (Å²) in [5.74, 6) is 0.926. The molecule has 140 valence electrons. The highest BCUT2D eigenvalue weighted by Crippen LogP contribution is 2.33. The molecule has 1 amide bonds. The van der Waals surface area contributed by atoms with Gasteiger partial charge in [0.05, 0.1) is 37.0 Å². The van der Waals surface area contributed by atoms with Gasteiger partial charge in [-0.1, -0.05) is 23.9 Å². The fraction of sp³-hybridized carbons (Fsp3) is 0.100. The highest BCUT2D eigenvalue weighted by Gasteiger charge is 2.32. The maximum Gasteiger partial charge on any atom is 0.286 e. The number of carbonyl (C=O) groups excluding carboxylic acids is 1. The van der Waals surface area contributed by atoms with Crippen molar-refractivity contribution in [3.8, 4) is 17.6 Å². The number of nitrogens with zero attached hydrogens (tertiary/aromatic N) is 3. The maximum absolute atomic E-state index is 12.7. The third-order valence-corrected chi connectivity index (χ3v) is 5.15. The van der Waals surface area contributed by atoms with Gasteiger partial charge in [0.15, 0.2) is 4.32 Å². The molecule has 2 aromatic rings. The van der Waals surface area contributed by atoms with Crippen molar-refractivity contribution in [2.24, 2.45) is 5.10 Å². The summed E-state index contributed by atoms with van der Waals surface area (Å²) < 4.78 is 10.8. The van der Waals surface area contributed by atoms with Gasteiger partial charge in [-0.15, -0.1) is 0 Å². The zero-order chi connectivity index (χ0) is 20.1. The highest BCUT2D eigenvalue weighted by atomic mass is 32.2. The van der Waals surface area contributed by atoms with Gasteiger partial charge in [-0.25, -0.2) is 0 Å². The Bertz CT molecular complexity index is 1020. The lowest BCUT2D eigenvalue weighted by Crippen LogP contribution is -2.22. The van der Waals surface area contributed by atoms with E-state index < -0.39 is 0 Å². The van der Waals surface area contributed by atoms with Gasteiger partial charge in [-0.05, 0) is 48.1 Å². The molecule has 0 unspecified atom stereocenters. The van der Waals surface area contributed by atoms with E-state index >= 15 is 0 Å². The summed E-state index contributed by atoms with van der Waals surface area (Å²) in [6.45, 7) is 0. The molecular formula is C20H15N3O3S2. The van der Waals surface area contributed by atoms with Crippen molar-refractivity contribution < 1.29 is 14.3 Å². The minimum absolute atomic E-state index is 0.303. The first kappa shape index (κ1) is 19.6. The Labute approximate surface area is 172 Å². The molecule has 0 aliphatic carbocycles. The average molecular weight is 409 g/mol. The molecule has 1 aliphatic rings. The van der Waals surface area contributed by atoms with Gasteiger partial charge in [0.2, 0.25) is 0 Å². The largest absolute Gasteiger partial charge is 0.497 e. The Morgan fingerprint density at radius 1 is 1.18 bits per heavy atom. The van der Waals surface area contributed by atoms with E-state index in [1.54, 1.807) is 62.8 Å². The molecule has 0 N–H and O–H groups in total. The lowest BCUT2D eigenvalue weighted by atomic mass is 10.1. The quantitative estimate of drug-likeness (QED) is 0.425. The van der Waals surface area contributed by atoms with Gasteiger partial charge in [0, 0.05) is 11.6 Å². The SMILES string of the molecule is COc1ccc(/C=N/N2C(=O)/C(=C\c3ccc(C#N)cc3)SC2=S)c(OC)c1. The standard InChI is InChI=1S/C20H15N3O3S2/c1-25-16-8-7-15(17(10-16)26-2)12-22-23-19(24)18(28-20(23)27)9-13-3-5-14(11-21)6-4-13/h3-10,12H,1-2H3/b18-9+,22-12+. The molecule has 6 nitrogen and oxygen atoms in total. The zero-order valence-electron chi connectivity index (χ0n) is 15.1. The monoisotopic (exact) mass is 409 g/mol. The van der Waals surface area contributed by atoms with Gasteiger partial charge in [-0.2, -0.15) is 15.4 Å². The lowest BCUT2D eigenvalue weighted by molar-refractivity contribution is -0.122. The van der Waals surface area contributed by atoms with Crippen molar-refractivity contribution in [2.45, 2.75) is 0 Å². The van der Waals surface area contributed by atoms with Crippen molar-refractivity contribution >= 4 is 46.5 Å². The van der Waals surface area contributed by atoms with Crippen molar-refractivity contribution in [3.05, 3.63) is 64.1 Å². The van der Waals surface area contributed by atoms with Crippen LogP contribution in [0.5, 0.6) is 11.5 Å². The van der Waals surface area contributed by atoms with Gasteiger partial charge in [-0.3, -0.25) is 4.79 Å². The Kier molecular flexibility index (Phi) is 6.09. The third kappa shape index (κ3) is 4.22. The van der Waals surface area contributed by atoms with Crippen molar-refractivity contribution in [3.63, 3.8) is 0 Å². The number of hydrogen-bond donors (Lipinski definition) is 0. The van der Waals surface area contributed by atoms with E-state index in [2.05, 4.69) is 11.2 Å². The summed E-state index contributed by atoms with van der Waals surface area (Å²) in [5.41, 5.74) is 2.05. The maximum atomic E-state index is 12.7. The molecule has 1 fully saturated rings. The van der Waals surface area contributed by atoms with Crippen molar-refractivity contribution in [1.82, 2.24) is 5.01 Å².